The van der Waals surface area contributed by atoms with Gasteiger partial charge >= 0.3 is 0 Å². The van der Waals surface area contributed by atoms with Gasteiger partial charge < -0.3 is 15.5 Å². The van der Waals surface area contributed by atoms with E-state index in [1.807, 2.05) is 89.2 Å². The van der Waals surface area contributed by atoms with Crippen molar-refractivity contribution in [2.75, 3.05) is 0 Å². The number of benzene rings is 2. The van der Waals surface area contributed by atoms with Crippen molar-refractivity contribution in [2.45, 2.75) is 69.3 Å². The average molecular weight is 480 g/mol. The van der Waals surface area contributed by atoms with E-state index in [0.717, 1.165) is 17.5 Å². The van der Waals surface area contributed by atoms with Crippen LogP contribution in [0.5, 0.6) is 0 Å². The molecule has 2 heterocycles. The predicted octanol–water partition coefficient (Wildman–Crippen LogP) is 4.44. The Kier molecular flexibility index (Phi) is 6.76. The van der Waals surface area contributed by atoms with Crippen LogP contribution in [0.2, 0.25) is 0 Å². The molecule has 2 aliphatic heterocycles. The van der Waals surface area contributed by atoms with Gasteiger partial charge in [0, 0.05) is 10.3 Å². The number of hydrogen-bond acceptors (Lipinski definition) is 4. The summed E-state index contributed by atoms with van der Waals surface area (Å²) in [5.41, 5.74) is 2.61. The summed E-state index contributed by atoms with van der Waals surface area (Å²) < 4.78 is -0.494. The summed E-state index contributed by atoms with van der Waals surface area (Å²) in [5.74, 6) is -0.684. The van der Waals surface area contributed by atoms with Gasteiger partial charge in [-0.1, -0.05) is 68.8 Å². The average Bonchev–Trinajstić information content (AvgIpc) is 3.26. The summed E-state index contributed by atoms with van der Waals surface area (Å²) in [6, 6.07) is 15.8. The van der Waals surface area contributed by atoms with E-state index in [2.05, 4.69) is 10.6 Å². The van der Waals surface area contributed by atoms with Crippen molar-refractivity contribution in [2.24, 2.45) is 5.92 Å². The van der Waals surface area contributed by atoms with Crippen LogP contribution in [0.4, 0.5) is 0 Å². The molecule has 0 bridgehead atoms. The van der Waals surface area contributed by atoms with Crippen LogP contribution in [0.1, 0.15) is 73.9 Å². The third kappa shape index (κ3) is 4.33. The topological polar surface area (TPSA) is 78.5 Å². The molecule has 0 spiro atoms. The van der Waals surface area contributed by atoms with Crippen molar-refractivity contribution >= 4 is 29.5 Å². The fourth-order valence-corrected chi connectivity index (χ4v) is 6.46. The van der Waals surface area contributed by atoms with Crippen LogP contribution in [-0.2, 0) is 9.59 Å². The second kappa shape index (κ2) is 9.45. The summed E-state index contributed by atoms with van der Waals surface area (Å²) in [7, 11) is 0. The first-order chi connectivity index (χ1) is 16.2. The minimum Gasteiger partial charge on any atom is -0.348 e. The van der Waals surface area contributed by atoms with Crippen LogP contribution in [0.15, 0.2) is 54.6 Å². The lowest BCUT2D eigenvalue weighted by atomic mass is 9.95. The third-order valence-electron chi connectivity index (χ3n) is 7.00. The van der Waals surface area contributed by atoms with Gasteiger partial charge in [-0.2, -0.15) is 0 Å². The fourth-order valence-electron chi connectivity index (χ4n) is 4.87. The molecule has 5 atom stereocenters. The molecule has 0 saturated carbocycles. The monoisotopic (exact) mass is 479 g/mol. The summed E-state index contributed by atoms with van der Waals surface area (Å²) in [6.07, 6.45) is 0.734. The Hall–Kier alpha value is -2.80. The number of carbonyl (C=O) groups is 3. The van der Waals surface area contributed by atoms with E-state index in [1.165, 1.54) is 0 Å². The van der Waals surface area contributed by atoms with Gasteiger partial charge in [-0.3, -0.25) is 14.4 Å². The summed E-state index contributed by atoms with van der Waals surface area (Å²) in [5, 5.41) is 5.89. The van der Waals surface area contributed by atoms with Crippen LogP contribution in [0.25, 0.3) is 0 Å². The number of nitrogens with zero attached hydrogens (tertiary/aromatic N) is 1. The lowest BCUT2D eigenvalue weighted by molar-refractivity contribution is -0.133. The third-order valence-corrected chi connectivity index (χ3v) is 8.53. The molecule has 0 aromatic heterocycles. The molecular weight excluding hydrogens is 446 g/mol. The summed E-state index contributed by atoms with van der Waals surface area (Å²) >= 11 is 1.62. The highest BCUT2D eigenvalue weighted by Crippen LogP contribution is 2.56. The number of nitrogens with one attached hydrogen (secondary N) is 2. The molecule has 4 rings (SSSR count). The van der Waals surface area contributed by atoms with E-state index in [0.29, 0.717) is 5.56 Å². The second-order valence-corrected chi connectivity index (χ2v) is 11.5. The van der Waals surface area contributed by atoms with Gasteiger partial charge in [-0.25, -0.2) is 0 Å². The number of fused-ring (bicyclic) bond motifs is 3. The smallest absolute Gasteiger partial charge is 0.256 e. The maximum atomic E-state index is 13.7. The standard InChI is InChI=1S/C27H33N3O3S/c1-6-16(2)21(23(31)28-17(3)18-12-8-7-9-13-18)29-24(32)22-27(4,5)34-26-20-15-11-10-14-19(20)25(33)30(22)26/h7-17,21-22,26H,6H2,1-5H3,(H,28,31)(H,29,32)/t16-,17+,21-,22-,26+/m0/s1. The first-order valence-electron chi connectivity index (χ1n) is 11.9. The van der Waals surface area contributed by atoms with Crippen molar-refractivity contribution in [1.82, 2.24) is 15.5 Å². The SMILES string of the molecule is CC[C@H](C)[C@H](NC(=O)[C@@H]1N2C(=O)c3ccccc3[C@H]2SC1(C)C)C(=O)N[C@H](C)c1ccccc1. The first kappa shape index (κ1) is 24.3. The van der Waals surface area contributed by atoms with E-state index < -0.39 is 16.8 Å². The molecule has 2 aliphatic rings. The van der Waals surface area contributed by atoms with Crippen LogP contribution in [0, 0.1) is 5.92 Å². The highest BCUT2D eigenvalue weighted by molar-refractivity contribution is 8.01. The van der Waals surface area contributed by atoms with Crippen LogP contribution < -0.4 is 10.6 Å². The van der Waals surface area contributed by atoms with Crippen molar-refractivity contribution in [3.05, 3.63) is 71.3 Å². The number of rotatable bonds is 7. The van der Waals surface area contributed by atoms with Gasteiger partial charge in [0.05, 0.1) is 6.04 Å². The van der Waals surface area contributed by atoms with Gasteiger partial charge in [0.15, 0.2) is 0 Å². The molecule has 1 saturated heterocycles. The van der Waals surface area contributed by atoms with E-state index in [4.69, 9.17) is 0 Å². The van der Waals surface area contributed by atoms with Gasteiger partial charge in [-0.05, 0) is 43.9 Å². The maximum Gasteiger partial charge on any atom is 0.256 e. The highest BCUT2D eigenvalue weighted by Gasteiger charge is 2.57. The molecule has 2 aromatic carbocycles. The van der Waals surface area contributed by atoms with Gasteiger partial charge in [0.25, 0.3) is 5.91 Å². The Balaban J connectivity index is 1.55. The molecule has 0 aliphatic carbocycles. The predicted molar refractivity (Wildman–Crippen MR) is 135 cm³/mol. The Morgan fingerprint density at radius 1 is 1.03 bits per heavy atom. The largest absolute Gasteiger partial charge is 0.348 e. The van der Waals surface area contributed by atoms with Gasteiger partial charge in [0.1, 0.15) is 17.5 Å². The van der Waals surface area contributed by atoms with Crippen molar-refractivity contribution < 1.29 is 14.4 Å². The lowest BCUT2D eigenvalue weighted by Gasteiger charge is -2.32. The molecule has 2 N–H and O–H groups in total. The number of thioether (sulfide) groups is 1. The van der Waals surface area contributed by atoms with E-state index in [1.54, 1.807) is 16.7 Å². The van der Waals surface area contributed by atoms with Crippen molar-refractivity contribution in [3.63, 3.8) is 0 Å². The van der Waals surface area contributed by atoms with Gasteiger partial charge in [-0.15, -0.1) is 11.8 Å². The number of carbonyl (C=O) groups excluding carboxylic acids is 3. The van der Waals surface area contributed by atoms with Crippen LogP contribution in [0.3, 0.4) is 0 Å². The number of amides is 3. The molecular formula is C27H33N3O3S. The molecule has 1 fully saturated rings. The first-order valence-corrected chi connectivity index (χ1v) is 12.8. The highest BCUT2D eigenvalue weighted by atomic mass is 32.2. The lowest BCUT2D eigenvalue weighted by Crippen LogP contribution is -2.58. The fraction of sp³-hybridized carbons (Fsp3) is 0.444. The molecule has 0 unspecified atom stereocenters. The molecule has 7 heteroatoms. The summed E-state index contributed by atoms with van der Waals surface area (Å²) in [4.78, 5) is 41.9. The zero-order valence-electron chi connectivity index (χ0n) is 20.4. The second-order valence-electron chi connectivity index (χ2n) is 9.79. The molecule has 3 amide bonds. The normalized spacial score (nSPS) is 23.0. The van der Waals surface area contributed by atoms with Crippen LogP contribution in [-0.4, -0.2) is 39.5 Å². The zero-order valence-corrected chi connectivity index (χ0v) is 21.2. The quantitative estimate of drug-likeness (QED) is 0.615. The van der Waals surface area contributed by atoms with E-state index in [9.17, 15) is 14.4 Å². The Bertz CT molecular complexity index is 1090. The minimum atomic E-state index is -0.691. The molecule has 0 radical (unpaired) electrons. The van der Waals surface area contributed by atoms with E-state index in [-0.39, 0.29) is 35.1 Å². The Labute approximate surface area is 205 Å². The Morgan fingerprint density at radius 2 is 1.68 bits per heavy atom. The van der Waals surface area contributed by atoms with E-state index >= 15 is 0 Å². The zero-order chi connectivity index (χ0) is 24.6. The van der Waals surface area contributed by atoms with Crippen LogP contribution >= 0.6 is 11.8 Å². The molecule has 2 aromatic rings. The number of hydrogen-bond donors (Lipinski definition) is 2. The molecule has 180 valence electrons. The summed E-state index contributed by atoms with van der Waals surface area (Å²) in [6.45, 7) is 9.89. The molecule has 6 nitrogen and oxygen atoms in total. The Morgan fingerprint density at radius 3 is 2.35 bits per heavy atom. The maximum absolute atomic E-state index is 13.7. The molecule has 34 heavy (non-hydrogen) atoms. The van der Waals surface area contributed by atoms with Gasteiger partial charge in [0.2, 0.25) is 11.8 Å². The van der Waals surface area contributed by atoms with Crippen molar-refractivity contribution in [1.29, 1.82) is 0 Å². The minimum absolute atomic E-state index is 0.0636. The van der Waals surface area contributed by atoms with Crippen molar-refractivity contribution in [3.8, 4) is 0 Å².